The first-order valence-electron chi connectivity index (χ1n) is 12.0. The average Bonchev–Trinajstić information content (AvgIpc) is 3.62. The van der Waals surface area contributed by atoms with Crippen LogP contribution in [0.4, 0.5) is 8.78 Å². The molecule has 0 spiro atoms. The lowest BCUT2D eigenvalue weighted by molar-refractivity contribution is 0.0120. The largest absolute Gasteiger partial charge is 0.372 e. The molecule has 3 aromatic heterocycles. The van der Waals surface area contributed by atoms with Gasteiger partial charge < -0.3 is 4.74 Å². The molecule has 182 valence electrons. The molecule has 4 heterocycles. The molecule has 0 unspecified atom stereocenters. The Morgan fingerprint density at radius 2 is 1.77 bits per heavy atom. The summed E-state index contributed by atoms with van der Waals surface area (Å²) >= 11 is 0. The normalized spacial score (nSPS) is 17.8. The summed E-state index contributed by atoms with van der Waals surface area (Å²) in [6.07, 6.45) is 7.86. The molecular formula is C26H28F2N6O. The van der Waals surface area contributed by atoms with Crippen molar-refractivity contribution < 1.29 is 13.5 Å². The van der Waals surface area contributed by atoms with Gasteiger partial charge in [-0.15, -0.1) is 0 Å². The van der Waals surface area contributed by atoms with Crippen LogP contribution in [-0.2, 0) is 11.8 Å². The van der Waals surface area contributed by atoms with E-state index in [-0.39, 0.29) is 11.7 Å². The van der Waals surface area contributed by atoms with Gasteiger partial charge in [-0.2, -0.15) is 5.10 Å². The zero-order chi connectivity index (χ0) is 24.5. The molecule has 9 heteroatoms. The fourth-order valence-corrected chi connectivity index (χ4v) is 4.32. The lowest BCUT2D eigenvalue weighted by Gasteiger charge is -2.20. The second-order valence-electron chi connectivity index (χ2n) is 9.16. The van der Waals surface area contributed by atoms with Gasteiger partial charge >= 0.3 is 0 Å². The van der Waals surface area contributed by atoms with E-state index >= 15 is 0 Å². The van der Waals surface area contributed by atoms with Crippen LogP contribution in [0.1, 0.15) is 66.9 Å². The summed E-state index contributed by atoms with van der Waals surface area (Å²) in [7, 11) is 2.06. The Labute approximate surface area is 202 Å². The second kappa shape index (κ2) is 9.73. The number of halogens is 2. The summed E-state index contributed by atoms with van der Waals surface area (Å²) in [6, 6.07) is 5.59. The first-order valence-corrected chi connectivity index (χ1v) is 12.0. The van der Waals surface area contributed by atoms with Crippen LogP contribution in [0.25, 0.3) is 22.4 Å². The fourth-order valence-electron chi connectivity index (χ4n) is 4.32. The predicted molar refractivity (Wildman–Crippen MR) is 128 cm³/mol. The topological polar surface area (TPSA) is 78.6 Å². The summed E-state index contributed by atoms with van der Waals surface area (Å²) in [6.45, 7) is 4.53. The molecule has 1 saturated heterocycles. The van der Waals surface area contributed by atoms with Crippen molar-refractivity contribution in [3.63, 3.8) is 0 Å². The van der Waals surface area contributed by atoms with Gasteiger partial charge in [-0.3, -0.25) is 4.68 Å². The molecule has 0 radical (unpaired) electrons. The third kappa shape index (κ3) is 5.05. The van der Waals surface area contributed by atoms with Crippen molar-refractivity contribution in [1.82, 2.24) is 29.7 Å². The van der Waals surface area contributed by atoms with Gasteiger partial charge in [0.1, 0.15) is 35.3 Å². The minimum atomic E-state index is -0.690. The van der Waals surface area contributed by atoms with Crippen molar-refractivity contribution in [2.24, 2.45) is 7.05 Å². The summed E-state index contributed by atoms with van der Waals surface area (Å²) < 4.78 is 34.7. The minimum absolute atomic E-state index is 0.177. The van der Waals surface area contributed by atoms with Crippen molar-refractivity contribution in [3.05, 3.63) is 65.0 Å². The standard InChI is InChI=1S/C14H10F2N4.C12H18N2O/c1-7-8(2)20-14-13(19-7)12(17-6-18-14)10-4-3-9(15)5-11(10)16;1-14-11(9-5-6-9)8-10(13-14)12-4-2-3-7-15-12/h3-6H,1-2H3;8-9,12H,2-7H2,1H3/t;12-/m.1/s1. The molecule has 0 bridgehead atoms. The molecule has 1 aromatic carbocycles. The Bertz CT molecular complexity index is 1360. The fraction of sp³-hybridized carbons (Fsp3) is 0.423. The number of hydrogen-bond acceptors (Lipinski definition) is 6. The number of fused-ring (bicyclic) bond motifs is 1. The van der Waals surface area contributed by atoms with E-state index in [2.05, 4.69) is 38.1 Å². The molecule has 2 aliphatic rings. The van der Waals surface area contributed by atoms with Crippen LogP contribution in [0.3, 0.4) is 0 Å². The van der Waals surface area contributed by atoms with E-state index < -0.39 is 11.6 Å². The Hall–Kier alpha value is -3.33. The van der Waals surface area contributed by atoms with E-state index in [4.69, 9.17) is 4.74 Å². The number of ether oxygens (including phenoxy) is 1. The van der Waals surface area contributed by atoms with E-state index in [0.717, 1.165) is 42.1 Å². The molecule has 1 saturated carbocycles. The summed E-state index contributed by atoms with van der Waals surface area (Å²) in [5.74, 6) is -0.549. The SMILES string of the molecule is Cc1nc2ncnc(-c3ccc(F)cc3F)c2nc1C.Cn1nc([C@H]2CCCCO2)cc1C1CC1. The van der Waals surface area contributed by atoms with Crippen LogP contribution < -0.4 is 0 Å². The van der Waals surface area contributed by atoms with Crippen molar-refractivity contribution >= 4 is 11.2 Å². The maximum atomic E-state index is 13.9. The van der Waals surface area contributed by atoms with Gasteiger partial charge in [-0.25, -0.2) is 28.7 Å². The third-order valence-electron chi connectivity index (χ3n) is 6.51. The highest BCUT2D eigenvalue weighted by Crippen LogP contribution is 2.41. The third-order valence-corrected chi connectivity index (χ3v) is 6.51. The number of hydrogen-bond donors (Lipinski definition) is 0. The maximum absolute atomic E-state index is 13.9. The molecule has 0 N–H and O–H groups in total. The number of nitrogens with zero attached hydrogens (tertiary/aromatic N) is 6. The van der Waals surface area contributed by atoms with Gasteiger partial charge in [0, 0.05) is 36.9 Å². The Morgan fingerprint density at radius 1 is 0.971 bits per heavy atom. The Morgan fingerprint density at radius 3 is 2.49 bits per heavy atom. The number of benzene rings is 1. The van der Waals surface area contributed by atoms with Gasteiger partial charge in [0.15, 0.2) is 5.65 Å². The van der Waals surface area contributed by atoms with Gasteiger partial charge in [-0.05, 0) is 64.2 Å². The van der Waals surface area contributed by atoms with Crippen LogP contribution >= 0.6 is 0 Å². The zero-order valence-electron chi connectivity index (χ0n) is 20.1. The van der Waals surface area contributed by atoms with E-state index in [0.29, 0.717) is 16.9 Å². The first kappa shape index (κ1) is 23.4. The van der Waals surface area contributed by atoms with Gasteiger partial charge in [0.25, 0.3) is 0 Å². The zero-order valence-corrected chi connectivity index (χ0v) is 20.1. The van der Waals surface area contributed by atoms with Crippen molar-refractivity contribution in [2.75, 3.05) is 6.61 Å². The average molecular weight is 479 g/mol. The Balaban J connectivity index is 0.000000151. The smallest absolute Gasteiger partial charge is 0.182 e. The molecule has 7 nitrogen and oxygen atoms in total. The van der Waals surface area contributed by atoms with Crippen molar-refractivity contribution in [1.29, 1.82) is 0 Å². The van der Waals surface area contributed by atoms with Crippen molar-refractivity contribution in [3.8, 4) is 11.3 Å². The lowest BCUT2D eigenvalue weighted by atomic mass is 10.1. The molecular weight excluding hydrogens is 450 g/mol. The molecule has 0 amide bonds. The van der Waals surface area contributed by atoms with Gasteiger partial charge in [0.05, 0.1) is 17.1 Å². The summed E-state index contributed by atoms with van der Waals surface area (Å²) in [4.78, 5) is 16.8. The van der Waals surface area contributed by atoms with Crippen molar-refractivity contribution in [2.45, 2.75) is 58.0 Å². The number of aryl methyl sites for hydroxylation is 3. The highest BCUT2D eigenvalue weighted by Gasteiger charge is 2.29. The second-order valence-corrected chi connectivity index (χ2v) is 9.16. The highest BCUT2D eigenvalue weighted by atomic mass is 19.1. The summed E-state index contributed by atoms with van der Waals surface area (Å²) in [5.41, 5.74) is 5.30. The van der Waals surface area contributed by atoms with E-state index in [9.17, 15) is 8.78 Å². The lowest BCUT2D eigenvalue weighted by Crippen LogP contribution is -2.12. The van der Waals surface area contributed by atoms with E-state index in [1.807, 2.05) is 11.6 Å². The molecule has 1 atom stereocenters. The van der Waals surface area contributed by atoms with Gasteiger partial charge in [0.2, 0.25) is 0 Å². The van der Waals surface area contributed by atoms with Gasteiger partial charge in [-0.1, -0.05) is 0 Å². The Kier molecular flexibility index (Phi) is 6.51. The molecule has 4 aromatic rings. The van der Waals surface area contributed by atoms with Crippen LogP contribution in [0, 0.1) is 25.5 Å². The minimum Gasteiger partial charge on any atom is -0.372 e. The van der Waals surface area contributed by atoms with E-state index in [1.165, 1.54) is 49.8 Å². The number of rotatable bonds is 3. The van der Waals surface area contributed by atoms with Crippen LogP contribution in [-0.4, -0.2) is 36.3 Å². The molecule has 6 rings (SSSR count). The summed E-state index contributed by atoms with van der Waals surface area (Å²) in [5, 5.41) is 4.59. The highest BCUT2D eigenvalue weighted by molar-refractivity contribution is 5.86. The first-order chi connectivity index (χ1) is 16.9. The predicted octanol–water partition coefficient (Wildman–Crippen LogP) is 5.52. The molecule has 1 aliphatic carbocycles. The quantitative estimate of drug-likeness (QED) is 0.386. The number of aromatic nitrogens is 6. The molecule has 2 fully saturated rings. The van der Waals surface area contributed by atoms with Crippen LogP contribution in [0.2, 0.25) is 0 Å². The molecule has 1 aliphatic heterocycles. The maximum Gasteiger partial charge on any atom is 0.182 e. The monoisotopic (exact) mass is 478 g/mol. The van der Waals surface area contributed by atoms with E-state index in [1.54, 1.807) is 6.92 Å². The van der Waals surface area contributed by atoms with Crippen LogP contribution in [0.5, 0.6) is 0 Å². The van der Waals surface area contributed by atoms with Crippen LogP contribution in [0.15, 0.2) is 30.6 Å². The molecule has 35 heavy (non-hydrogen) atoms.